The molecule has 3 nitrogen and oxygen atoms in total. The zero-order valence-electron chi connectivity index (χ0n) is 11.6. The van der Waals surface area contributed by atoms with Crippen molar-refractivity contribution in [3.8, 4) is 0 Å². The standard InChI is InChI=1S/C14H26N2O/c1-13(2)12(14(13,3)4)16-11(17)10-8-6-5-7-9-15-10/h10,12,15H,5-9H2,1-4H3,(H,16,17). The Kier molecular flexibility index (Phi) is 3.23. The minimum absolute atomic E-state index is 0.0321. The fraction of sp³-hybridized carbons (Fsp3) is 0.929. The Morgan fingerprint density at radius 2 is 1.76 bits per heavy atom. The van der Waals surface area contributed by atoms with Crippen LogP contribution in [0, 0.1) is 10.8 Å². The molecule has 98 valence electrons. The summed E-state index contributed by atoms with van der Waals surface area (Å²) in [4.78, 5) is 12.2. The van der Waals surface area contributed by atoms with Gasteiger partial charge in [-0.1, -0.05) is 40.5 Å². The number of hydrogen-bond donors (Lipinski definition) is 2. The summed E-state index contributed by atoms with van der Waals surface area (Å²) >= 11 is 0. The van der Waals surface area contributed by atoms with Crippen molar-refractivity contribution in [3.63, 3.8) is 0 Å². The SMILES string of the molecule is CC1(C)C(NC(=O)C2CCCCCN2)C1(C)C. The van der Waals surface area contributed by atoms with E-state index < -0.39 is 0 Å². The van der Waals surface area contributed by atoms with Crippen LogP contribution in [0.5, 0.6) is 0 Å². The molecule has 1 saturated carbocycles. The molecule has 2 aliphatic rings. The molecule has 17 heavy (non-hydrogen) atoms. The predicted molar refractivity (Wildman–Crippen MR) is 69.8 cm³/mol. The van der Waals surface area contributed by atoms with Crippen LogP contribution in [0.4, 0.5) is 0 Å². The van der Waals surface area contributed by atoms with Crippen LogP contribution in [-0.4, -0.2) is 24.5 Å². The average Bonchev–Trinajstić information content (AvgIpc) is 2.79. The molecule has 0 aromatic carbocycles. The second-order valence-electron chi connectivity index (χ2n) is 6.74. The number of amides is 1. The number of carbonyl (C=O) groups excluding carboxylic acids is 1. The van der Waals surface area contributed by atoms with Gasteiger partial charge in [0.15, 0.2) is 0 Å². The Morgan fingerprint density at radius 3 is 2.35 bits per heavy atom. The molecule has 1 aliphatic heterocycles. The van der Waals surface area contributed by atoms with Gasteiger partial charge in [-0.3, -0.25) is 4.79 Å². The van der Waals surface area contributed by atoms with Gasteiger partial charge in [0.1, 0.15) is 0 Å². The van der Waals surface area contributed by atoms with E-state index in [-0.39, 0.29) is 22.8 Å². The lowest BCUT2D eigenvalue weighted by Crippen LogP contribution is -2.45. The molecular formula is C14H26N2O. The van der Waals surface area contributed by atoms with E-state index in [1.54, 1.807) is 0 Å². The molecule has 2 rings (SSSR count). The molecular weight excluding hydrogens is 212 g/mol. The van der Waals surface area contributed by atoms with Gasteiger partial charge in [-0.2, -0.15) is 0 Å². The molecule has 3 heteroatoms. The zero-order valence-corrected chi connectivity index (χ0v) is 11.6. The lowest BCUT2D eigenvalue weighted by molar-refractivity contribution is -0.123. The Morgan fingerprint density at radius 1 is 1.12 bits per heavy atom. The Bertz CT molecular complexity index is 287. The van der Waals surface area contributed by atoms with Gasteiger partial charge < -0.3 is 10.6 Å². The maximum absolute atomic E-state index is 12.2. The van der Waals surface area contributed by atoms with Crippen molar-refractivity contribution in [1.82, 2.24) is 10.6 Å². The van der Waals surface area contributed by atoms with E-state index in [9.17, 15) is 4.79 Å². The molecule has 2 fully saturated rings. The molecule has 1 unspecified atom stereocenters. The third kappa shape index (κ3) is 2.22. The van der Waals surface area contributed by atoms with Gasteiger partial charge in [-0.05, 0) is 30.2 Å². The molecule has 0 spiro atoms. The Labute approximate surface area is 105 Å². The molecule has 2 N–H and O–H groups in total. The summed E-state index contributed by atoms with van der Waals surface area (Å²) in [7, 11) is 0. The number of carbonyl (C=O) groups is 1. The normalized spacial score (nSPS) is 31.6. The lowest BCUT2D eigenvalue weighted by Gasteiger charge is -2.16. The third-order valence-electron chi connectivity index (χ3n) is 5.18. The monoisotopic (exact) mass is 238 g/mol. The summed E-state index contributed by atoms with van der Waals surface area (Å²) in [5, 5.41) is 6.59. The van der Waals surface area contributed by atoms with E-state index in [0.29, 0.717) is 6.04 Å². The highest BCUT2D eigenvalue weighted by Gasteiger charge is 2.65. The van der Waals surface area contributed by atoms with Gasteiger partial charge in [0.05, 0.1) is 6.04 Å². The number of nitrogens with one attached hydrogen (secondary N) is 2. The van der Waals surface area contributed by atoms with E-state index >= 15 is 0 Å². The first-order valence-corrected chi connectivity index (χ1v) is 6.91. The molecule has 1 atom stereocenters. The van der Waals surface area contributed by atoms with Crippen molar-refractivity contribution < 1.29 is 4.79 Å². The summed E-state index contributed by atoms with van der Waals surface area (Å²) in [6.45, 7) is 9.92. The van der Waals surface area contributed by atoms with Crippen LogP contribution in [0.1, 0.15) is 53.4 Å². The maximum atomic E-state index is 12.2. The van der Waals surface area contributed by atoms with E-state index in [2.05, 4.69) is 38.3 Å². The lowest BCUT2D eigenvalue weighted by atomic mass is 10.0. The van der Waals surface area contributed by atoms with Crippen molar-refractivity contribution in [2.24, 2.45) is 10.8 Å². The Balaban J connectivity index is 1.89. The zero-order chi connectivity index (χ0) is 12.7. The van der Waals surface area contributed by atoms with Crippen molar-refractivity contribution in [3.05, 3.63) is 0 Å². The van der Waals surface area contributed by atoms with Crippen LogP contribution >= 0.6 is 0 Å². The first kappa shape index (κ1) is 12.9. The van der Waals surface area contributed by atoms with Crippen LogP contribution in [0.3, 0.4) is 0 Å². The largest absolute Gasteiger partial charge is 0.351 e. The molecule has 0 bridgehead atoms. The average molecular weight is 238 g/mol. The first-order chi connectivity index (χ1) is 7.87. The third-order valence-corrected chi connectivity index (χ3v) is 5.18. The molecule has 1 aliphatic carbocycles. The fourth-order valence-corrected chi connectivity index (χ4v) is 3.05. The molecule has 0 radical (unpaired) electrons. The summed E-state index contributed by atoms with van der Waals surface area (Å²) < 4.78 is 0. The second kappa shape index (κ2) is 4.27. The van der Waals surface area contributed by atoms with Crippen LogP contribution in [0.2, 0.25) is 0 Å². The van der Waals surface area contributed by atoms with Gasteiger partial charge >= 0.3 is 0 Å². The second-order valence-corrected chi connectivity index (χ2v) is 6.74. The quantitative estimate of drug-likeness (QED) is 0.773. The molecule has 0 aromatic heterocycles. The van der Waals surface area contributed by atoms with Crippen LogP contribution < -0.4 is 10.6 Å². The molecule has 0 aromatic rings. The van der Waals surface area contributed by atoms with Crippen molar-refractivity contribution in [1.29, 1.82) is 0 Å². The maximum Gasteiger partial charge on any atom is 0.237 e. The predicted octanol–water partition coefficient (Wildman–Crippen LogP) is 2.07. The van der Waals surface area contributed by atoms with Crippen LogP contribution in [-0.2, 0) is 4.79 Å². The first-order valence-electron chi connectivity index (χ1n) is 6.91. The van der Waals surface area contributed by atoms with E-state index in [1.807, 2.05) is 0 Å². The molecule has 1 heterocycles. The van der Waals surface area contributed by atoms with Gasteiger partial charge in [0.2, 0.25) is 5.91 Å². The van der Waals surface area contributed by atoms with Crippen molar-refractivity contribution >= 4 is 5.91 Å². The summed E-state index contributed by atoms with van der Waals surface area (Å²) in [5.74, 6) is 0.204. The van der Waals surface area contributed by atoms with Gasteiger partial charge in [0, 0.05) is 6.04 Å². The highest BCUT2D eigenvalue weighted by atomic mass is 16.2. The van der Waals surface area contributed by atoms with E-state index in [0.717, 1.165) is 13.0 Å². The smallest absolute Gasteiger partial charge is 0.237 e. The number of hydrogen-bond acceptors (Lipinski definition) is 2. The fourth-order valence-electron chi connectivity index (χ4n) is 3.05. The minimum Gasteiger partial charge on any atom is -0.351 e. The molecule has 1 saturated heterocycles. The highest BCUT2D eigenvalue weighted by Crippen LogP contribution is 2.62. The van der Waals surface area contributed by atoms with Crippen molar-refractivity contribution in [2.45, 2.75) is 65.5 Å². The van der Waals surface area contributed by atoms with Crippen LogP contribution in [0.15, 0.2) is 0 Å². The molecule has 1 amide bonds. The van der Waals surface area contributed by atoms with Crippen molar-refractivity contribution in [2.75, 3.05) is 6.54 Å². The number of rotatable bonds is 2. The topological polar surface area (TPSA) is 41.1 Å². The highest BCUT2D eigenvalue weighted by molar-refractivity contribution is 5.82. The van der Waals surface area contributed by atoms with Crippen LogP contribution in [0.25, 0.3) is 0 Å². The Hall–Kier alpha value is -0.570. The van der Waals surface area contributed by atoms with Gasteiger partial charge in [-0.25, -0.2) is 0 Å². The van der Waals surface area contributed by atoms with Gasteiger partial charge in [-0.15, -0.1) is 0 Å². The van der Waals surface area contributed by atoms with E-state index in [4.69, 9.17) is 0 Å². The summed E-state index contributed by atoms with van der Waals surface area (Å²) in [5.41, 5.74) is 0.459. The summed E-state index contributed by atoms with van der Waals surface area (Å²) in [6.07, 6.45) is 4.60. The van der Waals surface area contributed by atoms with Gasteiger partial charge in [0.25, 0.3) is 0 Å². The minimum atomic E-state index is 0.0321. The van der Waals surface area contributed by atoms with E-state index in [1.165, 1.54) is 19.3 Å². The summed E-state index contributed by atoms with van der Waals surface area (Å²) in [6, 6.07) is 0.359.